The van der Waals surface area contributed by atoms with Crippen LogP contribution < -0.4 is 4.57 Å². The number of hydrogen-bond acceptors (Lipinski definition) is 0. The van der Waals surface area contributed by atoms with Gasteiger partial charge in [0.15, 0.2) is 0 Å². The van der Waals surface area contributed by atoms with E-state index in [2.05, 4.69) is 22.7 Å². The predicted molar refractivity (Wildman–Crippen MR) is 69.2 cm³/mol. The molecule has 0 saturated heterocycles. The molecular formula is C12H23BF4N2. The van der Waals surface area contributed by atoms with E-state index in [4.69, 9.17) is 0 Å². The van der Waals surface area contributed by atoms with Crippen molar-refractivity contribution in [2.75, 3.05) is 0 Å². The van der Waals surface area contributed by atoms with Gasteiger partial charge in [-0.2, -0.15) is 0 Å². The average molecular weight is 282 g/mol. The van der Waals surface area contributed by atoms with E-state index in [1.807, 2.05) is 12.5 Å². The Bertz CT molecular complexity index is 282. The molecule has 0 bridgehead atoms. The van der Waals surface area contributed by atoms with Gasteiger partial charge in [-0.05, 0) is 12.8 Å². The lowest BCUT2D eigenvalue weighted by Gasteiger charge is -1.99. The summed E-state index contributed by atoms with van der Waals surface area (Å²) >= 11 is 0. The maximum Gasteiger partial charge on any atom is 0.673 e. The number of aromatic nitrogens is 2. The van der Waals surface area contributed by atoms with Crippen molar-refractivity contribution in [2.45, 2.75) is 58.4 Å². The number of aromatic amines is 1. The van der Waals surface area contributed by atoms with Gasteiger partial charge in [-0.1, -0.05) is 39.0 Å². The molecule has 1 aromatic heterocycles. The number of rotatable bonds is 8. The molecule has 0 unspecified atom stereocenters. The number of aryl methyl sites for hydroxylation is 1. The SMILES string of the molecule is CCCCCCCCC[n+]1cc[nH]c1.F[B-](F)(F)F. The largest absolute Gasteiger partial charge is 0.673 e. The third kappa shape index (κ3) is 17.0. The highest BCUT2D eigenvalue weighted by atomic mass is 19.5. The first-order valence-corrected chi connectivity index (χ1v) is 6.82. The van der Waals surface area contributed by atoms with Crippen LogP contribution in [0, 0.1) is 0 Å². The lowest BCUT2D eigenvalue weighted by atomic mass is 10.1. The summed E-state index contributed by atoms with van der Waals surface area (Å²) in [5.41, 5.74) is 0. The standard InChI is InChI=1S/C12H22N2.BF4/c1-2-3-4-5-6-7-8-10-14-11-9-13-12-14;2-1(3,4)5/h9,11-12H,2-8,10H2,1H3;/q;-1/p+1. The summed E-state index contributed by atoms with van der Waals surface area (Å²) in [6.07, 6.45) is 15.8. The van der Waals surface area contributed by atoms with E-state index < -0.39 is 7.25 Å². The van der Waals surface area contributed by atoms with Crippen molar-refractivity contribution in [3.05, 3.63) is 18.7 Å². The molecular weight excluding hydrogens is 259 g/mol. The molecule has 0 aromatic carbocycles. The Morgan fingerprint density at radius 3 is 1.95 bits per heavy atom. The number of nitrogens with zero attached hydrogens (tertiary/aromatic N) is 1. The minimum atomic E-state index is -6.00. The Morgan fingerprint density at radius 1 is 0.947 bits per heavy atom. The van der Waals surface area contributed by atoms with Crippen molar-refractivity contribution in [1.29, 1.82) is 0 Å². The number of hydrogen-bond donors (Lipinski definition) is 1. The van der Waals surface area contributed by atoms with Crippen molar-refractivity contribution in [2.24, 2.45) is 0 Å². The lowest BCUT2D eigenvalue weighted by molar-refractivity contribution is -0.696. The highest BCUT2D eigenvalue weighted by Gasteiger charge is 2.20. The zero-order valence-electron chi connectivity index (χ0n) is 11.4. The maximum atomic E-state index is 9.75. The summed E-state index contributed by atoms with van der Waals surface area (Å²) in [5, 5.41) is 0. The van der Waals surface area contributed by atoms with E-state index in [1.165, 1.54) is 44.9 Å². The van der Waals surface area contributed by atoms with Gasteiger partial charge in [0.05, 0.1) is 6.54 Å². The molecule has 0 aliphatic rings. The van der Waals surface area contributed by atoms with Gasteiger partial charge in [0.25, 0.3) is 0 Å². The molecule has 0 amide bonds. The fraction of sp³-hybridized carbons (Fsp3) is 0.750. The summed E-state index contributed by atoms with van der Waals surface area (Å²) in [5.74, 6) is 0. The normalized spacial score (nSPS) is 11.0. The minimum Gasteiger partial charge on any atom is -0.418 e. The fourth-order valence-corrected chi connectivity index (χ4v) is 1.71. The molecule has 1 N–H and O–H groups in total. The quantitative estimate of drug-likeness (QED) is 0.316. The van der Waals surface area contributed by atoms with Crippen molar-refractivity contribution in [3.63, 3.8) is 0 Å². The van der Waals surface area contributed by atoms with Gasteiger partial charge in [-0.25, -0.2) is 4.57 Å². The van der Waals surface area contributed by atoms with Crippen LogP contribution in [0.1, 0.15) is 51.9 Å². The molecule has 112 valence electrons. The first kappa shape index (κ1) is 18.0. The molecule has 0 atom stereocenters. The Hall–Kier alpha value is -1.01. The van der Waals surface area contributed by atoms with Crippen LogP contribution in [0.2, 0.25) is 0 Å². The van der Waals surface area contributed by atoms with Crippen molar-refractivity contribution in [3.8, 4) is 0 Å². The highest BCUT2D eigenvalue weighted by molar-refractivity contribution is 6.50. The number of unbranched alkanes of at least 4 members (excludes halogenated alkanes) is 6. The van der Waals surface area contributed by atoms with Gasteiger partial charge in [0, 0.05) is 0 Å². The number of imidazole rings is 1. The molecule has 2 nitrogen and oxygen atoms in total. The van der Waals surface area contributed by atoms with E-state index >= 15 is 0 Å². The molecule has 0 radical (unpaired) electrons. The third-order valence-corrected chi connectivity index (χ3v) is 2.62. The van der Waals surface area contributed by atoms with E-state index in [0.29, 0.717) is 0 Å². The summed E-state index contributed by atoms with van der Waals surface area (Å²) in [6.45, 7) is 3.43. The molecule has 0 aliphatic heterocycles. The summed E-state index contributed by atoms with van der Waals surface area (Å²) in [7, 11) is -6.00. The topological polar surface area (TPSA) is 19.7 Å². The Kier molecular flexibility index (Phi) is 10.3. The van der Waals surface area contributed by atoms with Crippen molar-refractivity contribution >= 4 is 7.25 Å². The third-order valence-electron chi connectivity index (χ3n) is 2.62. The first-order valence-electron chi connectivity index (χ1n) is 6.82. The maximum absolute atomic E-state index is 9.75. The molecule has 7 heteroatoms. The molecule has 0 aliphatic carbocycles. The predicted octanol–water partition coefficient (Wildman–Crippen LogP) is 4.35. The Labute approximate surface area is 112 Å². The van der Waals surface area contributed by atoms with Crippen LogP contribution in [0.15, 0.2) is 18.7 Å². The molecule has 0 spiro atoms. The number of H-pyrrole nitrogens is 1. The van der Waals surface area contributed by atoms with Crippen molar-refractivity contribution in [1.82, 2.24) is 4.98 Å². The van der Waals surface area contributed by atoms with Crippen LogP contribution in [0.5, 0.6) is 0 Å². The Morgan fingerprint density at radius 2 is 1.47 bits per heavy atom. The van der Waals surface area contributed by atoms with Gasteiger partial charge >= 0.3 is 7.25 Å². The van der Waals surface area contributed by atoms with Gasteiger partial charge < -0.3 is 17.3 Å². The Balaban J connectivity index is 0.000000555. The van der Waals surface area contributed by atoms with Crippen LogP contribution >= 0.6 is 0 Å². The summed E-state index contributed by atoms with van der Waals surface area (Å²) in [4.78, 5) is 3.06. The fourth-order valence-electron chi connectivity index (χ4n) is 1.71. The molecule has 0 saturated carbocycles. The minimum absolute atomic E-state index is 1.16. The van der Waals surface area contributed by atoms with E-state index in [9.17, 15) is 17.3 Å². The average Bonchev–Trinajstić information content (AvgIpc) is 2.78. The molecule has 1 aromatic rings. The zero-order chi connectivity index (χ0) is 14.6. The van der Waals surface area contributed by atoms with Crippen LogP contribution in [0.25, 0.3) is 0 Å². The molecule has 0 fully saturated rings. The summed E-state index contributed by atoms with van der Waals surface area (Å²) < 4.78 is 41.2. The molecule has 1 heterocycles. The number of nitrogens with one attached hydrogen (secondary N) is 1. The summed E-state index contributed by atoms with van der Waals surface area (Å²) in [6, 6.07) is 0. The van der Waals surface area contributed by atoms with Crippen LogP contribution in [0.4, 0.5) is 17.3 Å². The second kappa shape index (κ2) is 10.9. The smallest absolute Gasteiger partial charge is 0.418 e. The van der Waals surface area contributed by atoms with E-state index in [1.54, 1.807) is 0 Å². The molecule has 1 rings (SSSR count). The van der Waals surface area contributed by atoms with Gasteiger partial charge in [-0.3, -0.25) is 4.98 Å². The van der Waals surface area contributed by atoms with Crippen molar-refractivity contribution < 1.29 is 21.8 Å². The monoisotopic (exact) mass is 282 g/mol. The second-order valence-corrected chi connectivity index (χ2v) is 4.47. The second-order valence-electron chi connectivity index (χ2n) is 4.47. The van der Waals surface area contributed by atoms with Crippen LogP contribution in [0.3, 0.4) is 0 Å². The van der Waals surface area contributed by atoms with Gasteiger partial charge in [-0.15, -0.1) is 0 Å². The zero-order valence-corrected chi connectivity index (χ0v) is 11.4. The first-order chi connectivity index (χ1) is 8.93. The van der Waals surface area contributed by atoms with E-state index in [-0.39, 0.29) is 0 Å². The van der Waals surface area contributed by atoms with Crippen LogP contribution in [-0.4, -0.2) is 12.2 Å². The van der Waals surface area contributed by atoms with Gasteiger partial charge in [0.1, 0.15) is 12.4 Å². The number of halogens is 4. The van der Waals surface area contributed by atoms with Crippen LogP contribution in [-0.2, 0) is 6.54 Å². The molecule has 19 heavy (non-hydrogen) atoms. The van der Waals surface area contributed by atoms with Gasteiger partial charge in [0.2, 0.25) is 6.33 Å². The lowest BCUT2D eigenvalue weighted by Crippen LogP contribution is -2.30. The highest BCUT2D eigenvalue weighted by Crippen LogP contribution is 2.07. The van der Waals surface area contributed by atoms with E-state index in [0.717, 1.165) is 6.54 Å².